The average molecular weight is 205 g/mol. The number of benzene rings is 1. The predicted molar refractivity (Wildman–Crippen MR) is 64.5 cm³/mol. The van der Waals surface area contributed by atoms with E-state index < -0.39 is 0 Å². The molecule has 0 saturated heterocycles. The summed E-state index contributed by atoms with van der Waals surface area (Å²) in [6, 6.07) is 2.17. The van der Waals surface area contributed by atoms with Crippen LogP contribution in [0.15, 0.2) is 6.07 Å². The first-order chi connectivity index (χ1) is 6.86. The monoisotopic (exact) mass is 205 g/mol. The summed E-state index contributed by atoms with van der Waals surface area (Å²) < 4.78 is 0. The van der Waals surface area contributed by atoms with Crippen LogP contribution >= 0.6 is 0 Å². The van der Waals surface area contributed by atoms with Crippen LogP contribution in [-0.4, -0.2) is 13.0 Å². The van der Waals surface area contributed by atoms with E-state index in [1.165, 1.54) is 22.3 Å². The van der Waals surface area contributed by atoms with Gasteiger partial charge in [0.1, 0.15) is 0 Å². The van der Waals surface area contributed by atoms with Crippen LogP contribution in [0.25, 0.3) is 0 Å². The van der Waals surface area contributed by atoms with Crippen molar-refractivity contribution in [2.24, 2.45) is 0 Å². The van der Waals surface area contributed by atoms with Crippen molar-refractivity contribution < 1.29 is 4.79 Å². The fraction of sp³-hybridized carbons (Fsp3) is 0.462. The molecule has 0 unspecified atom stereocenters. The first-order valence-corrected chi connectivity index (χ1v) is 5.18. The maximum Gasteiger partial charge on any atom is 0.223 e. The Morgan fingerprint density at radius 2 is 1.47 bits per heavy atom. The van der Waals surface area contributed by atoms with Gasteiger partial charge in [-0.15, -0.1) is 0 Å². The molecule has 15 heavy (non-hydrogen) atoms. The zero-order chi connectivity index (χ0) is 11.7. The van der Waals surface area contributed by atoms with Crippen molar-refractivity contribution in [1.29, 1.82) is 0 Å². The summed E-state index contributed by atoms with van der Waals surface area (Å²) in [5.74, 6) is 0.0752. The first kappa shape index (κ1) is 11.8. The van der Waals surface area contributed by atoms with E-state index in [2.05, 4.69) is 33.8 Å². The Balaban J connectivity index is 3.45. The second-order valence-electron chi connectivity index (χ2n) is 4.19. The highest BCUT2D eigenvalue weighted by Crippen LogP contribution is 2.29. The number of anilines is 1. The molecule has 0 saturated carbocycles. The van der Waals surface area contributed by atoms with Gasteiger partial charge in [-0.05, 0) is 49.9 Å². The first-order valence-electron chi connectivity index (χ1n) is 5.18. The Labute approximate surface area is 91.9 Å². The van der Waals surface area contributed by atoms with Crippen LogP contribution < -0.4 is 4.90 Å². The average Bonchev–Trinajstić information content (AvgIpc) is 2.15. The molecule has 0 atom stereocenters. The molecular formula is C13H19NO. The van der Waals surface area contributed by atoms with Crippen LogP contribution in [0.3, 0.4) is 0 Å². The van der Waals surface area contributed by atoms with Crippen molar-refractivity contribution >= 4 is 11.6 Å². The van der Waals surface area contributed by atoms with Crippen molar-refractivity contribution in [3.05, 3.63) is 28.3 Å². The van der Waals surface area contributed by atoms with Gasteiger partial charge in [0.2, 0.25) is 5.91 Å². The molecule has 82 valence electrons. The number of amides is 1. The SMILES string of the molecule is CC(=O)N(C)c1c(C)c(C)cc(C)c1C. The van der Waals surface area contributed by atoms with Gasteiger partial charge in [0.15, 0.2) is 0 Å². The largest absolute Gasteiger partial charge is 0.315 e. The van der Waals surface area contributed by atoms with E-state index in [1.54, 1.807) is 11.8 Å². The van der Waals surface area contributed by atoms with Crippen molar-refractivity contribution in [3.8, 4) is 0 Å². The van der Waals surface area contributed by atoms with Gasteiger partial charge in [0, 0.05) is 19.7 Å². The summed E-state index contributed by atoms with van der Waals surface area (Å²) in [6.45, 7) is 9.89. The molecule has 2 heteroatoms. The van der Waals surface area contributed by atoms with Gasteiger partial charge in [0.25, 0.3) is 0 Å². The lowest BCUT2D eigenvalue weighted by molar-refractivity contribution is -0.116. The maximum absolute atomic E-state index is 11.4. The van der Waals surface area contributed by atoms with Gasteiger partial charge in [-0.3, -0.25) is 4.79 Å². The lowest BCUT2D eigenvalue weighted by atomic mass is 9.98. The number of hydrogen-bond donors (Lipinski definition) is 0. The molecule has 0 bridgehead atoms. The van der Waals surface area contributed by atoms with E-state index in [0.717, 1.165) is 5.69 Å². The van der Waals surface area contributed by atoms with E-state index in [0.29, 0.717) is 0 Å². The fourth-order valence-corrected chi connectivity index (χ4v) is 1.86. The molecule has 0 radical (unpaired) electrons. The van der Waals surface area contributed by atoms with Crippen LogP contribution in [0.4, 0.5) is 5.69 Å². The molecule has 2 nitrogen and oxygen atoms in total. The molecule has 0 aliphatic heterocycles. The van der Waals surface area contributed by atoms with Gasteiger partial charge >= 0.3 is 0 Å². The number of rotatable bonds is 1. The molecule has 1 aromatic carbocycles. The summed E-state index contributed by atoms with van der Waals surface area (Å²) in [7, 11) is 1.83. The highest BCUT2D eigenvalue weighted by Gasteiger charge is 2.14. The molecule has 0 fully saturated rings. The second-order valence-corrected chi connectivity index (χ2v) is 4.19. The van der Waals surface area contributed by atoms with Crippen molar-refractivity contribution in [2.75, 3.05) is 11.9 Å². The third-order valence-electron chi connectivity index (χ3n) is 3.13. The van der Waals surface area contributed by atoms with E-state index in [4.69, 9.17) is 0 Å². The standard InChI is InChI=1S/C13H19NO/c1-8-7-9(2)11(4)13(10(8)3)14(6)12(5)15/h7H,1-6H3. The molecule has 0 heterocycles. The van der Waals surface area contributed by atoms with E-state index >= 15 is 0 Å². The summed E-state index contributed by atoms with van der Waals surface area (Å²) in [4.78, 5) is 13.1. The van der Waals surface area contributed by atoms with E-state index in [9.17, 15) is 4.79 Å². The third-order valence-corrected chi connectivity index (χ3v) is 3.13. The fourth-order valence-electron chi connectivity index (χ4n) is 1.86. The Morgan fingerprint density at radius 1 is 1.07 bits per heavy atom. The van der Waals surface area contributed by atoms with Gasteiger partial charge < -0.3 is 4.90 Å². The van der Waals surface area contributed by atoms with Crippen LogP contribution in [-0.2, 0) is 4.79 Å². The zero-order valence-corrected chi connectivity index (χ0v) is 10.4. The number of carbonyl (C=O) groups excluding carboxylic acids is 1. The maximum atomic E-state index is 11.4. The van der Waals surface area contributed by atoms with Gasteiger partial charge in [-0.1, -0.05) is 6.07 Å². The molecular weight excluding hydrogens is 186 g/mol. The van der Waals surface area contributed by atoms with Crippen LogP contribution in [0.2, 0.25) is 0 Å². The molecule has 0 N–H and O–H groups in total. The normalized spacial score (nSPS) is 10.3. The van der Waals surface area contributed by atoms with Crippen molar-refractivity contribution in [2.45, 2.75) is 34.6 Å². The quantitative estimate of drug-likeness (QED) is 0.690. The lowest BCUT2D eigenvalue weighted by Crippen LogP contribution is -2.25. The van der Waals surface area contributed by atoms with Gasteiger partial charge in [-0.25, -0.2) is 0 Å². The molecule has 1 rings (SSSR count). The van der Waals surface area contributed by atoms with Crippen molar-refractivity contribution in [3.63, 3.8) is 0 Å². The summed E-state index contributed by atoms with van der Waals surface area (Å²) in [5, 5.41) is 0. The van der Waals surface area contributed by atoms with Crippen LogP contribution in [0.5, 0.6) is 0 Å². The molecule has 0 aliphatic rings. The Hall–Kier alpha value is -1.31. The smallest absolute Gasteiger partial charge is 0.223 e. The van der Waals surface area contributed by atoms with Crippen LogP contribution in [0.1, 0.15) is 29.2 Å². The number of aryl methyl sites for hydroxylation is 2. The summed E-state index contributed by atoms with van der Waals surface area (Å²) in [6.07, 6.45) is 0. The minimum Gasteiger partial charge on any atom is -0.315 e. The number of nitrogens with zero attached hydrogens (tertiary/aromatic N) is 1. The summed E-state index contributed by atoms with van der Waals surface area (Å²) >= 11 is 0. The Morgan fingerprint density at radius 3 is 1.80 bits per heavy atom. The second kappa shape index (κ2) is 4.05. The van der Waals surface area contributed by atoms with Gasteiger partial charge in [0.05, 0.1) is 0 Å². The Kier molecular flexibility index (Phi) is 3.18. The highest BCUT2D eigenvalue weighted by atomic mass is 16.2. The number of hydrogen-bond acceptors (Lipinski definition) is 1. The zero-order valence-electron chi connectivity index (χ0n) is 10.4. The van der Waals surface area contributed by atoms with Crippen molar-refractivity contribution in [1.82, 2.24) is 0 Å². The number of carbonyl (C=O) groups is 1. The topological polar surface area (TPSA) is 20.3 Å². The van der Waals surface area contributed by atoms with Crippen LogP contribution in [0, 0.1) is 27.7 Å². The molecule has 1 aromatic rings. The van der Waals surface area contributed by atoms with Gasteiger partial charge in [-0.2, -0.15) is 0 Å². The minimum atomic E-state index is 0.0752. The summed E-state index contributed by atoms with van der Waals surface area (Å²) in [5.41, 5.74) is 5.91. The van der Waals surface area contributed by atoms with E-state index in [1.807, 2.05) is 7.05 Å². The predicted octanol–water partition coefficient (Wildman–Crippen LogP) is 2.90. The molecule has 0 aromatic heterocycles. The third kappa shape index (κ3) is 2.04. The highest BCUT2D eigenvalue weighted by molar-refractivity contribution is 5.93. The minimum absolute atomic E-state index is 0.0752. The Bertz CT molecular complexity index is 381. The van der Waals surface area contributed by atoms with E-state index in [-0.39, 0.29) is 5.91 Å². The lowest BCUT2D eigenvalue weighted by Gasteiger charge is -2.23. The molecule has 0 spiro atoms. The molecule has 1 amide bonds. The molecule has 0 aliphatic carbocycles.